The fourth-order valence-corrected chi connectivity index (χ4v) is 4.76. The number of nitrogens with one attached hydrogen (secondary N) is 1. The highest BCUT2D eigenvalue weighted by molar-refractivity contribution is 5.51. The Balaban J connectivity index is 1.72. The van der Waals surface area contributed by atoms with Crippen molar-refractivity contribution in [3.63, 3.8) is 0 Å². The highest BCUT2D eigenvalue weighted by atomic mass is 16.5. The van der Waals surface area contributed by atoms with Crippen LogP contribution in [0.4, 0.5) is 5.69 Å². The first-order valence-electron chi connectivity index (χ1n) is 11.7. The number of benzene rings is 3. The molecule has 0 heterocycles. The second-order valence-corrected chi connectivity index (χ2v) is 9.66. The second kappa shape index (κ2) is 9.18. The minimum Gasteiger partial charge on any atom is -0.488 e. The zero-order valence-corrected chi connectivity index (χ0v) is 19.3. The van der Waals surface area contributed by atoms with Gasteiger partial charge in [0.05, 0.1) is 0 Å². The van der Waals surface area contributed by atoms with Crippen molar-refractivity contribution in [2.75, 3.05) is 11.9 Å². The third-order valence-electron chi connectivity index (χ3n) is 6.08. The molecule has 1 N–H and O–H groups in total. The lowest BCUT2D eigenvalue weighted by molar-refractivity contribution is 0.130. The Hall–Kier alpha value is -2.74. The van der Waals surface area contributed by atoms with E-state index in [-0.39, 0.29) is 5.60 Å². The summed E-state index contributed by atoms with van der Waals surface area (Å²) in [5.41, 5.74) is 6.70. The van der Waals surface area contributed by atoms with Crippen molar-refractivity contribution in [3.8, 4) is 5.75 Å². The van der Waals surface area contributed by atoms with E-state index in [2.05, 4.69) is 106 Å². The summed E-state index contributed by atoms with van der Waals surface area (Å²) in [7, 11) is 0. The molecule has 2 heteroatoms. The SMILES string of the molecule is CCCNc1ccc([C@@H]2c3ccc(OC(C)(C)C)cc3CC[C@@H]2c2ccccc2)cc1. The maximum Gasteiger partial charge on any atom is 0.120 e. The van der Waals surface area contributed by atoms with Crippen LogP contribution in [-0.4, -0.2) is 12.1 Å². The maximum absolute atomic E-state index is 6.17. The van der Waals surface area contributed by atoms with Crippen molar-refractivity contribution in [2.45, 2.75) is 64.4 Å². The molecule has 4 rings (SSSR count). The molecular weight excluding hydrogens is 378 g/mol. The average molecular weight is 414 g/mol. The molecule has 3 aromatic rings. The van der Waals surface area contributed by atoms with Crippen molar-refractivity contribution < 1.29 is 4.74 Å². The summed E-state index contributed by atoms with van der Waals surface area (Å²) < 4.78 is 6.17. The minimum atomic E-state index is -0.184. The molecule has 0 unspecified atom stereocenters. The van der Waals surface area contributed by atoms with Gasteiger partial charge in [-0.15, -0.1) is 0 Å². The third kappa shape index (κ3) is 5.12. The van der Waals surface area contributed by atoms with Gasteiger partial charge < -0.3 is 10.1 Å². The van der Waals surface area contributed by atoms with Crippen LogP contribution in [0, 0.1) is 0 Å². The van der Waals surface area contributed by atoms with Crippen LogP contribution in [0.15, 0.2) is 72.8 Å². The molecule has 0 bridgehead atoms. The first-order valence-corrected chi connectivity index (χ1v) is 11.7. The molecule has 2 nitrogen and oxygen atoms in total. The molecule has 0 fully saturated rings. The van der Waals surface area contributed by atoms with Crippen molar-refractivity contribution in [1.82, 2.24) is 0 Å². The molecule has 3 aromatic carbocycles. The van der Waals surface area contributed by atoms with E-state index in [0.717, 1.165) is 31.6 Å². The fourth-order valence-electron chi connectivity index (χ4n) is 4.76. The molecule has 162 valence electrons. The Morgan fingerprint density at radius 1 is 0.903 bits per heavy atom. The predicted octanol–water partition coefficient (Wildman–Crippen LogP) is 7.55. The number of ether oxygens (including phenoxy) is 1. The standard InChI is InChI=1S/C29H35NO/c1-5-19-30-24-14-11-22(12-15-24)28-26(21-9-7-6-8-10-21)17-13-23-20-25(16-18-27(23)28)31-29(2,3)4/h6-12,14-16,18,20,26,28,30H,5,13,17,19H2,1-4H3/t26-,28+/m1/s1. The number of aryl methyl sites for hydroxylation is 1. The van der Waals surface area contributed by atoms with Gasteiger partial charge in [0.25, 0.3) is 0 Å². The Bertz CT molecular complexity index is 985. The Labute approximate surface area is 187 Å². The summed E-state index contributed by atoms with van der Waals surface area (Å²) in [5.74, 6) is 1.81. The van der Waals surface area contributed by atoms with Crippen LogP contribution in [0.5, 0.6) is 5.75 Å². The molecule has 0 aliphatic heterocycles. The van der Waals surface area contributed by atoms with Crippen molar-refractivity contribution >= 4 is 5.69 Å². The summed E-state index contributed by atoms with van der Waals surface area (Å²) in [6, 6.07) is 26.8. The van der Waals surface area contributed by atoms with E-state index in [1.165, 1.54) is 27.9 Å². The van der Waals surface area contributed by atoms with Gasteiger partial charge in [-0.3, -0.25) is 0 Å². The maximum atomic E-state index is 6.17. The monoisotopic (exact) mass is 413 g/mol. The topological polar surface area (TPSA) is 21.3 Å². The van der Waals surface area contributed by atoms with Gasteiger partial charge in [0.2, 0.25) is 0 Å². The zero-order valence-electron chi connectivity index (χ0n) is 19.3. The molecule has 2 atom stereocenters. The van der Waals surface area contributed by atoms with Crippen LogP contribution < -0.4 is 10.1 Å². The van der Waals surface area contributed by atoms with Crippen LogP contribution in [0.2, 0.25) is 0 Å². The molecule has 0 aromatic heterocycles. The second-order valence-electron chi connectivity index (χ2n) is 9.66. The summed E-state index contributed by atoms with van der Waals surface area (Å²) in [5, 5.41) is 3.50. The summed E-state index contributed by atoms with van der Waals surface area (Å²) in [6.07, 6.45) is 3.37. The number of hydrogen-bond donors (Lipinski definition) is 1. The van der Waals surface area contributed by atoms with Crippen molar-refractivity contribution in [3.05, 3.63) is 95.1 Å². The molecule has 0 radical (unpaired) electrons. The lowest BCUT2D eigenvalue weighted by atomic mass is 9.69. The van der Waals surface area contributed by atoms with Crippen molar-refractivity contribution in [1.29, 1.82) is 0 Å². The largest absolute Gasteiger partial charge is 0.488 e. The van der Waals surface area contributed by atoms with E-state index in [4.69, 9.17) is 4.74 Å². The zero-order chi connectivity index (χ0) is 21.8. The van der Waals surface area contributed by atoms with Gasteiger partial charge >= 0.3 is 0 Å². The van der Waals surface area contributed by atoms with Gasteiger partial charge in [-0.05, 0) is 92.5 Å². The average Bonchev–Trinajstić information content (AvgIpc) is 2.77. The van der Waals surface area contributed by atoms with Crippen LogP contribution in [0.25, 0.3) is 0 Å². The quantitative estimate of drug-likeness (QED) is 0.450. The van der Waals surface area contributed by atoms with Crippen LogP contribution in [0.1, 0.15) is 74.6 Å². The Morgan fingerprint density at radius 3 is 2.32 bits per heavy atom. The normalized spacial score (nSPS) is 18.3. The number of hydrogen-bond acceptors (Lipinski definition) is 2. The smallest absolute Gasteiger partial charge is 0.120 e. The number of anilines is 1. The lowest BCUT2D eigenvalue weighted by Crippen LogP contribution is -2.24. The van der Waals surface area contributed by atoms with Gasteiger partial charge in [-0.2, -0.15) is 0 Å². The minimum absolute atomic E-state index is 0.184. The van der Waals surface area contributed by atoms with Gasteiger partial charge in [0.15, 0.2) is 0 Å². The molecule has 0 saturated carbocycles. The van der Waals surface area contributed by atoms with Crippen LogP contribution in [-0.2, 0) is 6.42 Å². The van der Waals surface area contributed by atoms with E-state index >= 15 is 0 Å². The summed E-state index contributed by atoms with van der Waals surface area (Å²) >= 11 is 0. The third-order valence-corrected chi connectivity index (χ3v) is 6.08. The molecule has 31 heavy (non-hydrogen) atoms. The van der Waals surface area contributed by atoms with Gasteiger partial charge in [-0.1, -0.05) is 55.5 Å². The van der Waals surface area contributed by atoms with E-state index in [9.17, 15) is 0 Å². The molecule has 0 amide bonds. The summed E-state index contributed by atoms with van der Waals surface area (Å²) in [4.78, 5) is 0. The van der Waals surface area contributed by atoms with Crippen LogP contribution >= 0.6 is 0 Å². The van der Waals surface area contributed by atoms with Crippen molar-refractivity contribution in [2.24, 2.45) is 0 Å². The van der Waals surface area contributed by atoms with E-state index in [1.54, 1.807) is 0 Å². The predicted molar refractivity (Wildman–Crippen MR) is 131 cm³/mol. The van der Waals surface area contributed by atoms with E-state index in [1.807, 2.05) is 0 Å². The first kappa shape index (κ1) is 21.5. The Morgan fingerprint density at radius 2 is 1.65 bits per heavy atom. The van der Waals surface area contributed by atoms with Gasteiger partial charge in [0.1, 0.15) is 11.4 Å². The molecule has 0 saturated heterocycles. The Kier molecular flexibility index (Phi) is 6.36. The lowest BCUT2D eigenvalue weighted by Gasteiger charge is -2.35. The first-order chi connectivity index (χ1) is 14.9. The fraction of sp³-hybridized carbons (Fsp3) is 0.379. The van der Waals surface area contributed by atoms with Crippen LogP contribution in [0.3, 0.4) is 0 Å². The van der Waals surface area contributed by atoms with E-state index < -0.39 is 0 Å². The molecule has 1 aliphatic rings. The number of fused-ring (bicyclic) bond motifs is 1. The summed E-state index contributed by atoms with van der Waals surface area (Å²) in [6.45, 7) is 9.52. The molecule has 0 spiro atoms. The highest BCUT2D eigenvalue weighted by Crippen LogP contribution is 2.47. The van der Waals surface area contributed by atoms with Gasteiger partial charge in [0, 0.05) is 18.2 Å². The molecular formula is C29H35NO. The highest BCUT2D eigenvalue weighted by Gasteiger charge is 2.32. The number of rotatable bonds is 6. The van der Waals surface area contributed by atoms with E-state index in [0.29, 0.717) is 11.8 Å². The molecule has 1 aliphatic carbocycles. The van der Waals surface area contributed by atoms with Gasteiger partial charge in [-0.25, -0.2) is 0 Å².